The van der Waals surface area contributed by atoms with Gasteiger partial charge in [0, 0.05) is 11.8 Å². The molecule has 1 amide bonds. The van der Waals surface area contributed by atoms with Crippen molar-refractivity contribution in [2.24, 2.45) is 0 Å². The second kappa shape index (κ2) is 6.00. The average molecular weight is 283 g/mol. The lowest BCUT2D eigenvalue weighted by atomic mass is 10.2. The number of carbonyl (C=O) groups excluding carboxylic acids is 1. The SMILES string of the molecule is O=C(NCCOn1nnc2cccnc21)c1ccccc1. The molecule has 2 aromatic heterocycles. The molecule has 0 aliphatic rings. The third-order valence-electron chi connectivity index (χ3n) is 2.82. The lowest BCUT2D eigenvalue weighted by Gasteiger charge is -2.06. The molecule has 0 spiro atoms. The summed E-state index contributed by atoms with van der Waals surface area (Å²) in [5.74, 6) is -0.138. The maximum absolute atomic E-state index is 11.8. The predicted molar refractivity (Wildman–Crippen MR) is 75.5 cm³/mol. The molecule has 0 aliphatic heterocycles. The number of hydrogen-bond donors (Lipinski definition) is 1. The maximum atomic E-state index is 11.8. The Labute approximate surface area is 120 Å². The Morgan fingerprint density at radius 2 is 2.05 bits per heavy atom. The fourth-order valence-corrected chi connectivity index (χ4v) is 1.82. The molecule has 0 saturated carbocycles. The van der Waals surface area contributed by atoms with E-state index in [-0.39, 0.29) is 12.5 Å². The van der Waals surface area contributed by atoms with Crippen LogP contribution in [0.5, 0.6) is 0 Å². The second-order valence-electron chi connectivity index (χ2n) is 4.26. The summed E-state index contributed by atoms with van der Waals surface area (Å²) < 4.78 is 0. The first-order valence-corrected chi connectivity index (χ1v) is 6.47. The molecular weight excluding hydrogens is 270 g/mol. The van der Waals surface area contributed by atoms with Crippen molar-refractivity contribution in [3.8, 4) is 0 Å². The van der Waals surface area contributed by atoms with E-state index in [1.165, 1.54) is 4.85 Å². The van der Waals surface area contributed by atoms with Crippen LogP contribution in [-0.2, 0) is 0 Å². The first-order chi connectivity index (χ1) is 10.3. The molecule has 3 rings (SSSR count). The Balaban J connectivity index is 1.52. The van der Waals surface area contributed by atoms with Gasteiger partial charge >= 0.3 is 0 Å². The minimum Gasteiger partial charge on any atom is -0.392 e. The first-order valence-electron chi connectivity index (χ1n) is 6.47. The Kier molecular flexibility index (Phi) is 3.72. The molecule has 1 aromatic carbocycles. The van der Waals surface area contributed by atoms with Gasteiger partial charge in [-0.1, -0.05) is 23.0 Å². The van der Waals surface area contributed by atoms with Gasteiger partial charge in [-0.2, -0.15) is 0 Å². The van der Waals surface area contributed by atoms with Crippen molar-refractivity contribution in [1.29, 1.82) is 0 Å². The summed E-state index contributed by atoms with van der Waals surface area (Å²) in [6.07, 6.45) is 1.64. The van der Waals surface area contributed by atoms with E-state index in [9.17, 15) is 4.79 Å². The topological polar surface area (TPSA) is 81.9 Å². The molecule has 0 unspecified atom stereocenters. The van der Waals surface area contributed by atoms with Gasteiger partial charge in [-0.15, -0.1) is 5.10 Å². The van der Waals surface area contributed by atoms with Gasteiger partial charge in [-0.25, -0.2) is 4.98 Å². The summed E-state index contributed by atoms with van der Waals surface area (Å²) in [6.45, 7) is 0.634. The van der Waals surface area contributed by atoms with Gasteiger partial charge in [0.15, 0.2) is 0 Å². The highest BCUT2D eigenvalue weighted by atomic mass is 16.7. The van der Waals surface area contributed by atoms with Gasteiger partial charge in [0.05, 0.1) is 6.54 Å². The quantitative estimate of drug-likeness (QED) is 0.696. The zero-order valence-corrected chi connectivity index (χ0v) is 11.1. The Morgan fingerprint density at radius 1 is 1.19 bits per heavy atom. The largest absolute Gasteiger partial charge is 0.392 e. The van der Waals surface area contributed by atoms with Crippen molar-refractivity contribution in [2.45, 2.75) is 0 Å². The van der Waals surface area contributed by atoms with Crippen molar-refractivity contribution < 1.29 is 9.63 Å². The van der Waals surface area contributed by atoms with Crippen molar-refractivity contribution in [2.75, 3.05) is 13.2 Å². The zero-order valence-electron chi connectivity index (χ0n) is 11.1. The van der Waals surface area contributed by atoms with Gasteiger partial charge in [0.2, 0.25) is 5.65 Å². The van der Waals surface area contributed by atoms with Gasteiger partial charge in [0.1, 0.15) is 12.1 Å². The van der Waals surface area contributed by atoms with E-state index >= 15 is 0 Å². The molecule has 7 heteroatoms. The molecule has 7 nitrogen and oxygen atoms in total. The first kappa shape index (κ1) is 13.0. The number of aromatic nitrogens is 4. The van der Waals surface area contributed by atoms with Crippen LogP contribution in [0, 0.1) is 0 Å². The van der Waals surface area contributed by atoms with Gasteiger partial charge in [0.25, 0.3) is 5.91 Å². The van der Waals surface area contributed by atoms with Crippen molar-refractivity contribution in [3.05, 3.63) is 54.2 Å². The zero-order chi connectivity index (χ0) is 14.5. The summed E-state index contributed by atoms with van der Waals surface area (Å²) >= 11 is 0. The van der Waals surface area contributed by atoms with Gasteiger partial charge < -0.3 is 10.2 Å². The molecule has 21 heavy (non-hydrogen) atoms. The minimum absolute atomic E-state index is 0.138. The second-order valence-corrected chi connectivity index (χ2v) is 4.26. The highest BCUT2D eigenvalue weighted by Crippen LogP contribution is 2.04. The molecule has 0 fully saturated rings. The summed E-state index contributed by atoms with van der Waals surface area (Å²) in [4.78, 5) is 22.6. The Bertz CT molecular complexity index is 741. The number of nitrogens with zero attached hydrogens (tertiary/aromatic N) is 4. The lowest BCUT2D eigenvalue weighted by molar-refractivity contribution is 0.0798. The molecule has 106 valence electrons. The summed E-state index contributed by atoms with van der Waals surface area (Å²) in [5.41, 5.74) is 1.82. The minimum atomic E-state index is -0.138. The predicted octanol–water partition coefficient (Wildman–Crippen LogP) is 0.685. The summed E-state index contributed by atoms with van der Waals surface area (Å²) in [7, 11) is 0. The van der Waals surface area contributed by atoms with Crippen LogP contribution in [0.3, 0.4) is 0 Å². The average Bonchev–Trinajstić information content (AvgIpc) is 2.95. The normalized spacial score (nSPS) is 10.5. The molecule has 0 atom stereocenters. The van der Waals surface area contributed by atoms with Crippen LogP contribution in [0.4, 0.5) is 0 Å². The van der Waals surface area contributed by atoms with Crippen LogP contribution in [0.25, 0.3) is 11.2 Å². The fourth-order valence-electron chi connectivity index (χ4n) is 1.82. The number of benzene rings is 1. The van der Waals surface area contributed by atoms with Crippen molar-refractivity contribution in [1.82, 2.24) is 25.5 Å². The van der Waals surface area contributed by atoms with E-state index in [4.69, 9.17) is 4.84 Å². The van der Waals surface area contributed by atoms with Gasteiger partial charge in [-0.05, 0) is 29.5 Å². The molecular formula is C14H13N5O2. The van der Waals surface area contributed by atoms with E-state index in [1.54, 1.807) is 30.5 Å². The van der Waals surface area contributed by atoms with E-state index in [0.29, 0.717) is 23.3 Å². The smallest absolute Gasteiger partial charge is 0.251 e. The highest BCUT2D eigenvalue weighted by molar-refractivity contribution is 5.94. The van der Waals surface area contributed by atoms with Crippen LogP contribution in [0.2, 0.25) is 0 Å². The van der Waals surface area contributed by atoms with Crippen molar-refractivity contribution >= 4 is 17.1 Å². The Morgan fingerprint density at radius 3 is 2.90 bits per heavy atom. The molecule has 0 aliphatic carbocycles. The number of rotatable bonds is 5. The number of nitrogens with one attached hydrogen (secondary N) is 1. The van der Waals surface area contributed by atoms with Gasteiger partial charge in [-0.3, -0.25) is 4.79 Å². The number of fused-ring (bicyclic) bond motifs is 1. The molecule has 0 radical (unpaired) electrons. The molecule has 0 bridgehead atoms. The highest BCUT2D eigenvalue weighted by Gasteiger charge is 2.06. The number of carbonyl (C=O) groups is 1. The summed E-state index contributed by atoms with van der Waals surface area (Å²) in [5, 5.41) is 10.5. The maximum Gasteiger partial charge on any atom is 0.251 e. The molecule has 0 saturated heterocycles. The monoisotopic (exact) mass is 283 g/mol. The summed E-state index contributed by atoms with van der Waals surface area (Å²) in [6, 6.07) is 12.6. The van der Waals surface area contributed by atoms with E-state index in [1.807, 2.05) is 18.2 Å². The standard InChI is InChI=1S/C14H13N5O2/c20-14(11-5-2-1-3-6-11)16-9-10-21-19-13-12(17-18-19)7-4-8-15-13/h1-8H,9-10H2,(H,16,20). The van der Waals surface area contributed by atoms with Crippen LogP contribution >= 0.6 is 0 Å². The molecule has 2 heterocycles. The van der Waals surface area contributed by atoms with Crippen LogP contribution in [0.15, 0.2) is 48.7 Å². The van der Waals surface area contributed by atoms with Crippen molar-refractivity contribution in [3.63, 3.8) is 0 Å². The number of pyridine rings is 1. The molecule has 3 aromatic rings. The number of hydrogen-bond acceptors (Lipinski definition) is 5. The Hall–Kier alpha value is -2.96. The third kappa shape index (κ3) is 2.97. The van der Waals surface area contributed by atoms with E-state index < -0.39 is 0 Å². The van der Waals surface area contributed by atoms with E-state index in [0.717, 1.165) is 0 Å². The third-order valence-corrected chi connectivity index (χ3v) is 2.82. The lowest BCUT2D eigenvalue weighted by Crippen LogP contribution is -2.30. The van der Waals surface area contributed by atoms with Crippen LogP contribution < -0.4 is 10.2 Å². The van der Waals surface area contributed by atoms with Crippen LogP contribution in [0.1, 0.15) is 10.4 Å². The fraction of sp³-hybridized carbons (Fsp3) is 0.143. The molecule has 1 N–H and O–H groups in total. The van der Waals surface area contributed by atoms with E-state index in [2.05, 4.69) is 20.6 Å². The number of amides is 1. The van der Waals surface area contributed by atoms with Crippen LogP contribution in [-0.4, -0.2) is 39.2 Å².